The van der Waals surface area contributed by atoms with Crippen molar-refractivity contribution in [1.82, 2.24) is 9.80 Å². The van der Waals surface area contributed by atoms with Crippen LogP contribution in [-0.4, -0.2) is 47.9 Å². The Labute approximate surface area is 133 Å². The zero-order valence-electron chi connectivity index (χ0n) is 13.5. The van der Waals surface area contributed by atoms with Crippen LogP contribution < -0.4 is 5.73 Å². The second-order valence-electron chi connectivity index (χ2n) is 6.69. The smallest absolute Gasteiger partial charge is 0.244 e. The van der Waals surface area contributed by atoms with E-state index in [-0.39, 0.29) is 5.91 Å². The summed E-state index contributed by atoms with van der Waals surface area (Å²) in [6.07, 6.45) is 5.39. The molecule has 1 aliphatic carbocycles. The third-order valence-electron chi connectivity index (χ3n) is 5.17. The van der Waals surface area contributed by atoms with Crippen LogP contribution in [0.3, 0.4) is 0 Å². The molecule has 1 amide bonds. The lowest BCUT2D eigenvalue weighted by molar-refractivity contribution is -0.134. The van der Waals surface area contributed by atoms with Crippen molar-refractivity contribution in [2.45, 2.75) is 44.7 Å². The van der Waals surface area contributed by atoms with Gasteiger partial charge in [-0.3, -0.25) is 9.69 Å². The molecule has 0 spiro atoms. The monoisotopic (exact) mass is 301 g/mol. The average molecular weight is 301 g/mol. The molecule has 1 saturated carbocycles. The van der Waals surface area contributed by atoms with Crippen LogP contribution in [0.25, 0.3) is 0 Å². The first-order chi connectivity index (χ1) is 10.6. The summed E-state index contributed by atoms with van der Waals surface area (Å²) in [6.45, 7) is 5.66. The molecule has 1 aliphatic heterocycles. The molecule has 1 aromatic carbocycles. The van der Waals surface area contributed by atoms with E-state index in [1.54, 1.807) is 0 Å². The van der Waals surface area contributed by atoms with Crippen LogP contribution in [0.4, 0.5) is 0 Å². The second-order valence-corrected chi connectivity index (χ2v) is 6.69. The Morgan fingerprint density at radius 2 is 1.68 bits per heavy atom. The maximum atomic E-state index is 12.6. The number of rotatable bonds is 3. The Kier molecular flexibility index (Phi) is 4.79. The van der Waals surface area contributed by atoms with Gasteiger partial charge in [0, 0.05) is 32.2 Å². The van der Waals surface area contributed by atoms with Gasteiger partial charge in [-0.1, -0.05) is 42.7 Å². The first-order valence-corrected chi connectivity index (χ1v) is 8.50. The number of nitrogens with zero attached hydrogens (tertiary/aromatic N) is 2. The van der Waals surface area contributed by atoms with Crippen LogP contribution in [-0.2, 0) is 4.79 Å². The van der Waals surface area contributed by atoms with Crippen LogP contribution in [0.1, 0.15) is 42.9 Å². The SMILES string of the molecule is Cc1ccc(C(N)C(=O)N2CCN(C3CCCC3)CC2)cc1. The van der Waals surface area contributed by atoms with E-state index >= 15 is 0 Å². The fourth-order valence-electron chi connectivity index (χ4n) is 3.69. The predicted octanol–water partition coefficient (Wildman–Crippen LogP) is 2.08. The first kappa shape index (κ1) is 15.5. The van der Waals surface area contributed by atoms with Crippen molar-refractivity contribution >= 4 is 5.91 Å². The number of hydrogen-bond donors (Lipinski definition) is 1. The molecule has 2 aliphatic rings. The van der Waals surface area contributed by atoms with E-state index in [9.17, 15) is 4.79 Å². The third-order valence-corrected chi connectivity index (χ3v) is 5.17. The van der Waals surface area contributed by atoms with Crippen molar-refractivity contribution in [3.05, 3.63) is 35.4 Å². The number of carbonyl (C=O) groups excluding carboxylic acids is 1. The molecule has 4 heteroatoms. The van der Waals surface area contributed by atoms with Crippen molar-refractivity contribution in [3.63, 3.8) is 0 Å². The average Bonchev–Trinajstić information content (AvgIpc) is 3.09. The van der Waals surface area contributed by atoms with E-state index in [1.807, 2.05) is 36.1 Å². The lowest BCUT2D eigenvalue weighted by Crippen LogP contribution is -2.53. The lowest BCUT2D eigenvalue weighted by atomic mass is 10.0. The van der Waals surface area contributed by atoms with Crippen LogP contribution in [0.5, 0.6) is 0 Å². The molecule has 120 valence electrons. The minimum absolute atomic E-state index is 0.0647. The van der Waals surface area contributed by atoms with E-state index in [1.165, 1.54) is 31.2 Å². The molecule has 2 N–H and O–H groups in total. The molecule has 1 atom stereocenters. The summed E-state index contributed by atoms with van der Waals surface area (Å²) >= 11 is 0. The van der Waals surface area contributed by atoms with Crippen LogP contribution >= 0.6 is 0 Å². The quantitative estimate of drug-likeness (QED) is 0.930. The Morgan fingerprint density at radius 1 is 1.09 bits per heavy atom. The molecule has 1 saturated heterocycles. The number of hydrogen-bond acceptors (Lipinski definition) is 3. The van der Waals surface area contributed by atoms with Crippen molar-refractivity contribution in [1.29, 1.82) is 0 Å². The van der Waals surface area contributed by atoms with Gasteiger partial charge < -0.3 is 10.6 Å². The Hall–Kier alpha value is -1.39. The maximum Gasteiger partial charge on any atom is 0.244 e. The van der Waals surface area contributed by atoms with Crippen molar-refractivity contribution < 1.29 is 4.79 Å². The summed E-state index contributed by atoms with van der Waals surface area (Å²) in [5.41, 5.74) is 8.27. The van der Waals surface area contributed by atoms with Crippen LogP contribution in [0.15, 0.2) is 24.3 Å². The van der Waals surface area contributed by atoms with Crippen molar-refractivity contribution in [2.75, 3.05) is 26.2 Å². The number of benzene rings is 1. The van der Waals surface area contributed by atoms with Gasteiger partial charge in [-0.15, -0.1) is 0 Å². The van der Waals surface area contributed by atoms with Gasteiger partial charge >= 0.3 is 0 Å². The summed E-state index contributed by atoms with van der Waals surface area (Å²) < 4.78 is 0. The third kappa shape index (κ3) is 3.33. The first-order valence-electron chi connectivity index (χ1n) is 8.50. The summed E-state index contributed by atoms with van der Waals surface area (Å²) in [4.78, 5) is 17.1. The van der Waals surface area contributed by atoms with Crippen LogP contribution in [0, 0.1) is 6.92 Å². The molecule has 1 aromatic rings. The zero-order valence-corrected chi connectivity index (χ0v) is 13.5. The molecule has 2 fully saturated rings. The molecule has 0 aromatic heterocycles. The van der Waals surface area contributed by atoms with Gasteiger partial charge in [-0.25, -0.2) is 0 Å². The Morgan fingerprint density at radius 3 is 2.27 bits per heavy atom. The number of aryl methyl sites for hydroxylation is 1. The standard InChI is InChI=1S/C18H27N3O/c1-14-6-8-15(9-7-14)17(19)18(22)21-12-10-20(11-13-21)16-4-2-3-5-16/h6-9,16-17H,2-5,10-13,19H2,1H3. The van der Waals surface area contributed by atoms with E-state index in [0.29, 0.717) is 0 Å². The highest BCUT2D eigenvalue weighted by Gasteiger charge is 2.29. The molecule has 22 heavy (non-hydrogen) atoms. The maximum absolute atomic E-state index is 12.6. The highest BCUT2D eigenvalue weighted by molar-refractivity contribution is 5.83. The van der Waals surface area contributed by atoms with Crippen molar-refractivity contribution in [2.24, 2.45) is 5.73 Å². The van der Waals surface area contributed by atoms with Crippen LogP contribution in [0.2, 0.25) is 0 Å². The molecular weight excluding hydrogens is 274 g/mol. The highest BCUT2D eigenvalue weighted by atomic mass is 16.2. The number of nitrogens with two attached hydrogens (primary N) is 1. The Bertz CT molecular complexity index is 500. The van der Waals surface area contributed by atoms with Gasteiger partial charge in [0.25, 0.3) is 0 Å². The zero-order chi connectivity index (χ0) is 15.5. The fraction of sp³-hybridized carbons (Fsp3) is 0.611. The largest absolute Gasteiger partial charge is 0.338 e. The van der Waals surface area contributed by atoms with Gasteiger partial charge in [-0.05, 0) is 25.3 Å². The normalized spacial score (nSPS) is 22.0. The van der Waals surface area contributed by atoms with Gasteiger partial charge in [0.2, 0.25) is 5.91 Å². The van der Waals surface area contributed by atoms with E-state index < -0.39 is 6.04 Å². The topological polar surface area (TPSA) is 49.6 Å². The molecule has 3 rings (SSSR count). The molecule has 0 radical (unpaired) electrons. The van der Waals surface area contributed by atoms with Gasteiger partial charge in [-0.2, -0.15) is 0 Å². The molecule has 1 unspecified atom stereocenters. The second kappa shape index (κ2) is 6.80. The van der Waals surface area contributed by atoms with E-state index in [4.69, 9.17) is 5.73 Å². The highest BCUT2D eigenvalue weighted by Crippen LogP contribution is 2.25. The molecule has 4 nitrogen and oxygen atoms in total. The predicted molar refractivity (Wildman–Crippen MR) is 88.5 cm³/mol. The number of piperazine rings is 1. The summed E-state index contributed by atoms with van der Waals surface area (Å²) in [7, 11) is 0. The van der Waals surface area contributed by atoms with Crippen molar-refractivity contribution in [3.8, 4) is 0 Å². The van der Waals surface area contributed by atoms with Gasteiger partial charge in [0.1, 0.15) is 6.04 Å². The van der Waals surface area contributed by atoms with Gasteiger partial charge in [0.05, 0.1) is 0 Å². The van der Waals surface area contributed by atoms with E-state index in [0.717, 1.165) is 37.8 Å². The minimum atomic E-state index is -0.529. The number of carbonyl (C=O) groups is 1. The molecular formula is C18H27N3O. The summed E-state index contributed by atoms with van der Waals surface area (Å²) in [5, 5.41) is 0. The fourth-order valence-corrected chi connectivity index (χ4v) is 3.69. The summed E-state index contributed by atoms with van der Waals surface area (Å²) in [6, 6.07) is 8.18. The minimum Gasteiger partial charge on any atom is -0.338 e. The van der Waals surface area contributed by atoms with E-state index in [2.05, 4.69) is 4.90 Å². The Balaban J connectivity index is 1.55. The molecule has 1 heterocycles. The van der Waals surface area contributed by atoms with Gasteiger partial charge in [0.15, 0.2) is 0 Å². The number of amides is 1. The summed E-state index contributed by atoms with van der Waals surface area (Å²) in [5.74, 6) is 0.0647. The molecule has 0 bridgehead atoms. The lowest BCUT2D eigenvalue weighted by Gasteiger charge is -2.38.